The largest absolute Gasteiger partial charge is 0.344 e. The Morgan fingerprint density at radius 2 is 1.64 bits per heavy atom. The van der Waals surface area contributed by atoms with Crippen molar-refractivity contribution in [2.24, 2.45) is 0 Å². The summed E-state index contributed by atoms with van der Waals surface area (Å²) in [5, 5.41) is 4.31. The minimum absolute atomic E-state index is 0.147. The highest BCUT2D eigenvalue weighted by atomic mass is 19.1. The molecule has 2 rings (SSSR count). The molecule has 0 aliphatic heterocycles. The highest BCUT2D eigenvalue weighted by Gasteiger charge is 2.17. The summed E-state index contributed by atoms with van der Waals surface area (Å²) in [7, 11) is 0. The highest BCUT2D eigenvalue weighted by Crippen LogP contribution is 2.17. The predicted molar refractivity (Wildman–Crippen MR) is 78.0 cm³/mol. The van der Waals surface area contributed by atoms with Crippen LogP contribution in [-0.2, 0) is 16.1 Å². The number of hydrogen-bond donors (Lipinski definition) is 2. The van der Waals surface area contributed by atoms with E-state index in [9.17, 15) is 18.4 Å². The van der Waals surface area contributed by atoms with Gasteiger partial charge in [-0.3, -0.25) is 9.59 Å². The first-order valence-electron chi connectivity index (χ1n) is 6.56. The summed E-state index contributed by atoms with van der Waals surface area (Å²) in [6, 6.07) is 10.5. The number of hydrogen-bond acceptors (Lipinski definition) is 2. The first-order valence-corrected chi connectivity index (χ1v) is 6.56. The molecule has 0 fully saturated rings. The molecule has 6 heteroatoms. The van der Waals surface area contributed by atoms with Crippen molar-refractivity contribution in [2.75, 3.05) is 5.32 Å². The summed E-state index contributed by atoms with van der Waals surface area (Å²) < 4.78 is 26.8. The molecule has 0 aromatic heterocycles. The van der Waals surface area contributed by atoms with Crippen LogP contribution in [0.1, 0.15) is 11.1 Å². The molecule has 0 radical (unpaired) electrons. The molecule has 2 aromatic rings. The quantitative estimate of drug-likeness (QED) is 0.856. The lowest BCUT2D eigenvalue weighted by Crippen LogP contribution is -2.35. The summed E-state index contributed by atoms with van der Waals surface area (Å²) >= 11 is 0. The van der Waals surface area contributed by atoms with E-state index >= 15 is 0 Å². The first-order chi connectivity index (χ1) is 10.5. The highest BCUT2D eigenvalue weighted by molar-refractivity contribution is 6.39. The Bertz CT molecular complexity index is 697. The lowest BCUT2D eigenvalue weighted by molar-refractivity contribution is -0.136. The molecular weight excluding hydrogens is 290 g/mol. The molecule has 4 nitrogen and oxygen atoms in total. The number of halogens is 2. The topological polar surface area (TPSA) is 58.2 Å². The van der Waals surface area contributed by atoms with E-state index in [0.717, 1.165) is 29.3 Å². The third-order valence-corrected chi connectivity index (χ3v) is 2.94. The van der Waals surface area contributed by atoms with E-state index in [0.29, 0.717) is 0 Å². The van der Waals surface area contributed by atoms with Gasteiger partial charge in [0.2, 0.25) is 0 Å². The summed E-state index contributed by atoms with van der Waals surface area (Å²) in [6.45, 7) is 2.05. The standard InChI is InChI=1S/C16H14F2N2O2/c1-10-4-2-5-11(8-10)9-19-15(21)16(22)20-14-12(17)6-3-7-13(14)18/h2-8H,9H2,1H3,(H,19,21)(H,20,22). The van der Waals surface area contributed by atoms with E-state index in [-0.39, 0.29) is 6.54 Å². The Balaban J connectivity index is 1.97. The Kier molecular flexibility index (Phi) is 4.83. The number of carbonyl (C=O) groups excluding carboxylic acids is 2. The van der Waals surface area contributed by atoms with Crippen LogP contribution >= 0.6 is 0 Å². The van der Waals surface area contributed by atoms with Crippen molar-refractivity contribution in [3.63, 3.8) is 0 Å². The van der Waals surface area contributed by atoms with Gasteiger partial charge in [0.15, 0.2) is 0 Å². The fourth-order valence-corrected chi connectivity index (χ4v) is 1.87. The third-order valence-electron chi connectivity index (χ3n) is 2.94. The second kappa shape index (κ2) is 6.80. The molecule has 2 N–H and O–H groups in total. The van der Waals surface area contributed by atoms with Gasteiger partial charge in [-0.2, -0.15) is 0 Å². The minimum atomic E-state index is -1.13. The lowest BCUT2D eigenvalue weighted by Gasteiger charge is -2.08. The van der Waals surface area contributed by atoms with Crippen molar-refractivity contribution < 1.29 is 18.4 Å². The molecule has 114 valence electrons. The molecule has 22 heavy (non-hydrogen) atoms. The van der Waals surface area contributed by atoms with Gasteiger partial charge in [0.1, 0.15) is 17.3 Å². The number of aryl methyl sites for hydroxylation is 1. The summed E-state index contributed by atoms with van der Waals surface area (Å²) in [4.78, 5) is 23.3. The Labute approximate surface area is 126 Å². The zero-order chi connectivity index (χ0) is 16.1. The second-order valence-electron chi connectivity index (χ2n) is 4.72. The zero-order valence-corrected chi connectivity index (χ0v) is 11.8. The first kappa shape index (κ1) is 15.6. The molecule has 0 atom stereocenters. The SMILES string of the molecule is Cc1cccc(CNC(=O)C(=O)Nc2c(F)cccc2F)c1. The van der Waals surface area contributed by atoms with E-state index in [2.05, 4.69) is 5.32 Å². The van der Waals surface area contributed by atoms with Crippen LogP contribution in [0.15, 0.2) is 42.5 Å². The maximum atomic E-state index is 13.4. The molecule has 2 aromatic carbocycles. The Morgan fingerprint density at radius 3 is 2.27 bits per heavy atom. The van der Waals surface area contributed by atoms with Gasteiger partial charge in [0.25, 0.3) is 0 Å². The van der Waals surface area contributed by atoms with Crippen LogP contribution in [0.5, 0.6) is 0 Å². The van der Waals surface area contributed by atoms with E-state index in [1.165, 1.54) is 0 Å². The molecule has 0 saturated carbocycles. The molecule has 0 heterocycles. The van der Waals surface area contributed by atoms with Crippen LogP contribution in [-0.4, -0.2) is 11.8 Å². The number of rotatable bonds is 3. The van der Waals surface area contributed by atoms with E-state index in [1.807, 2.05) is 30.4 Å². The van der Waals surface area contributed by atoms with Crippen LogP contribution in [0.4, 0.5) is 14.5 Å². The molecule has 0 bridgehead atoms. The molecule has 0 aliphatic rings. The maximum Gasteiger partial charge on any atom is 0.313 e. The van der Waals surface area contributed by atoms with Crippen molar-refractivity contribution in [1.29, 1.82) is 0 Å². The van der Waals surface area contributed by atoms with Gasteiger partial charge in [-0.1, -0.05) is 35.9 Å². The van der Waals surface area contributed by atoms with E-state index < -0.39 is 29.1 Å². The van der Waals surface area contributed by atoms with Gasteiger partial charge in [-0.25, -0.2) is 8.78 Å². The minimum Gasteiger partial charge on any atom is -0.344 e. The second-order valence-corrected chi connectivity index (χ2v) is 4.72. The summed E-state index contributed by atoms with van der Waals surface area (Å²) in [5.41, 5.74) is 1.20. The summed E-state index contributed by atoms with van der Waals surface area (Å²) in [6.07, 6.45) is 0. The molecular formula is C16H14F2N2O2. The van der Waals surface area contributed by atoms with Gasteiger partial charge in [0, 0.05) is 6.54 Å². The number of anilines is 1. The molecule has 2 amide bonds. The zero-order valence-electron chi connectivity index (χ0n) is 11.8. The molecule has 0 saturated heterocycles. The molecule has 0 spiro atoms. The van der Waals surface area contributed by atoms with Crippen LogP contribution < -0.4 is 10.6 Å². The van der Waals surface area contributed by atoms with Crippen molar-refractivity contribution in [2.45, 2.75) is 13.5 Å². The summed E-state index contributed by atoms with van der Waals surface area (Å²) in [5.74, 6) is -3.99. The predicted octanol–water partition coefficient (Wildman–Crippen LogP) is 2.53. The van der Waals surface area contributed by atoms with Gasteiger partial charge in [-0.05, 0) is 24.6 Å². The van der Waals surface area contributed by atoms with Crippen molar-refractivity contribution in [1.82, 2.24) is 5.32 Å². The van der Waals surface area contributed by atoms with E-state index in [1.54, 1.807) is 6.07 Å². The maximum absolute atomic E-state index is 13.4. The van der Waals surface area contributed by atoms with Crippen LogP contribution in [0.25, 0.3) is 0 Å². The van der Waals surface area contributed by atoms with E-state index in [4.69, 9.17) is 0 Å². The van der Waals surface area contributed by atoms with Gasteiger partial charge in [-0.15, -0.1) is 0 Å². The number of nitrogens with one attached hydrogen (secondary N) is 2. The number of carbonyl (C=O) groups is 2. The van der Waals surface area contributed by atoms with Crippen molar-refractivity contribution in [3.8, 4) is 0 Å². The van der Waals surface area contributed by atoms with Gasteiger partial charge in [0.05, 0.1) is 0 Å². The Hall–Kier alpha value is -2.76. The van der Waals surface area contributed by atoms with Gasteiger partial charge >= 0.3 is 11.8 Å². The number of para-hydroxylation sites is 1. The molecule has 0 unspecified atom stereocenters. The number of benzene rings is 2. The average Bonchev–Trinajstić information content (AvgIpc) is 2.48. The average molecular weight is 304 g/mol. The fraction of sp³-hybridized carbons (Fsp3) is 0.125. The Morgan fingerprint density at radius 1 is 1.00 bits per heavy atom. The third kappa shape index (κ3) is 3.88. The number of amides is 2. The van der Waals surface area contributed by atoms with Crippen LogP contribution in [0, 0.1) is 18.6 Å². The smallest absolute Gasteiger partial charge is 0.313 e. The molecule has 0 aliphatic carbocycles. The van der Waals surface area contributed by atoms with Crippen LogP contribution in [0.3, 0.4) is 0 Å². The van der Waals surface area contributed by atoms with Crippen molar-refractivity contribution in [3.05, 3.63) is 65.2 Å². The normalized spacial score (nSPS) is 10.1. The van der Waals surface area contributed by atoms with Crippen molar-refractivity contribution >= 4 is 17.5 Å². The lowest BCUT2D eigenvalue weighted by atomic mass is 10.1. The monoisotopic (exact) mass is 304 g/mol. The van der Waals surface area contributed by atoms with Crippen LogP contribution in [0.2, 0.25) is 0 Å². The fourth-order valence-electron chi connectivity index (χ4n) is 1.87. The van der Waals surface area contributed by atoms with Gasteiger partial charge < -0.3 is 10.6 Å².